The van der Waals surface area contributed by atoms with E-state index < -0.39 is 0 Å². The molecular weight excluding hydrogens is 411 g/mol. The molecule has 5 heteroatoms. The third kappa shape index (κ3) is 7.83. The van der Waals surface area contributed by atoms with E-state index in [0.29, 0.717) is 11.9 Å². The van der Waals surface area contributed by atoms with Gasteiger partial charge in [0.2, 0.25) is 0 Å². The third-order valence-electron chi connectivity index (χ3n) is 4.57. The fraction of sp³-hybridized carbons (Fsp3) is 0.632. The second-order valence-electron chi connectivity index (χ2n) is 7.18. The molecule has 0 saturated carbocycles. The summed E-state index contributed by atoms with van der Waals surface area (Å²) in [6, 6.07) is 8.21. The van der Waals surface area contributed by atoms with E-state index in [-0.39, 0.29) is 24.0 Å². The first-order valence-electron chi connectivity index (χ1n) is 8.89. The van der Waals surface area contributed by atoms with Gasteiger partial charge in [0.05, 0.1) is 0 Å². The highest BCUT2D eigenvalue weighted by Gasteiger charge is 2.18. The summed E-state index contributed by atoms with van der Waals surface area (Å²) in [5.74, 6) is 1.99. The van der Waals surface area contributed by atoms with Gasteiger partial charge in [-0.1, -0.05) is 31.5 Å². The van der Waals surface area contributed by atoms with E-state index in [1.807, 2.05) is 12.1 Å². The summed E-state index contributed by atoms with van der Waals surface area (Å²) in [6.45, 7) is 11.2. The number of aryl methyl sites for hydroxylation is 1. The van der Waals surface area contributed by atoms with E-state index in [4.69, 9.17) is 5.73 Å². The molecule has 1 saturated heterocycles. The van der Waals surface area contributed by atoms with Gasteiger partial charge in [-0.2, -0.15) is 0 Å². The maximum Gasteiger partial charge on any atom is 0.193 e. The maximum atomic E-state index is 6.00. The Bertz CT molecular complexity index is 491. The number of rotatable bonds is 6. The number of hydrogen-bond donors (Lipinski definition) is 2. The van der Waals surface area contributed by atoms with Crippen LogP contribution in [0.3, 0.4) is 0 Å². The van der Waals surface area contributed by atoms with Crippen molar-refractivity contribution in [3.8, 4) is 0 Å². The number of nitrogens with one attached hydrogen (secondary N) is 1. The monoisotopic (exact) mass is 444 g/mol. The zero-order valence-corrected chi connectivity index (χ0v) is 17.6. The summed E-state index contributed by atoms with van der Waals surface area (Å²) in [4.78, 5) is 7.12. The molecule has 0 bridgehead atoms. The minimum absolute atomic E-state index is 0. The lowest BCUT2D eigenvalue weighted by Crippen LogP contribution is -2.36. The quantitative estimate of drug-likeness (QED) is 0.395. The first-order chi connectivity index (χ1) is 11.0. The van der Waals surface area contributed by atoms with Crippen LogP contribution in [0.1, 0.15) is 38.7 Å². The van der Waals surface area contributed by atoms with Crippen molar-refractivity contribution < 1.29 is 0 Å². The predicted molar refractivity (Wildman–Crippen MR) is 115 cm³/mol. The number of guanidine groups is 1. The molecule has 4 nitrogen and oxygen atoms in total. The normalized spacial score (nSPS) is 16.9. The molecule has 3 N–H and O–H groups in total. The lowest BCUT2D eigenvalue weighted by atomic mass is 9.96. The average Bonchev–Trinajstić information content (AvgIpc) is 2.54. The van der Waals surface area contributed by atoms with Gasteiger partial charge in [0, 0.05) is 12.2 Å². The van der Waals surface area contributed by atoms with Crippen molar-refractivity contribution in [1.29, 1.82) is 0 Å². The first-order valence-corrected chi connectivity index (χ1v) is 8.89. The highest BCUT2D eigenvalue weighted by Crippen LogP contribution is 2.18. The van der Waals surface area contributed by atoms with Crippen LogP contribution in [-0.2, 0) is 0 Å². The number of likely N-dealkylation sites (tertiary alicyclic amines) is 1. The van der Waals surface area contributed by atoms with Crippen LogP contribution in [0.4, 0.5) is 5.69 Å². The van der Waals surface area contributed by atoms with Crippen LogP contribution in [0.25, 0.3) is 0 Å². The van der Waals surface area contributed by atoms with Crippen molar-refractivity contribution in [3.05, 3.63) is 29.8 Å². The van der Waals surface area contributed by atoms with E-state index in [2.05, 4.69) is 48.1 Å². The molecular formula is C19H33IN4. The van der Waals surface area contributed by atoms with Crippen molar-refractivity contribution in [2.24, 2.45) is 22.6 Å². The number of nitrogens with zero attached hydrogens (tertiary/aromatic N) is 2. The lowest BCUT2D eigenvalue weighted by molar-refractivity contribution is 0.180. The molecule has 0 spiro atoms. The van der Waals surface area contributed by atoms with E-state index in [1.54, 1.807) is 0 Å². The third-order valence-corrected chi connectivity index (χ3v) is 4.57. The van der Waals surface area contributed by atoms with Crippen LogP contribution >= 0.6 is 24.0 Å². The molecule has 2 rings (SSSR count). The fourth-order valence-electron chi connectivity index (χ4n) is 2.89. The molecule has 1 aromatic rings. The summed E-state index contributed by atoms with van der Waals surface area (Å²) in [6.07, 6.45) is 3.77. The number of aliphatic imine (C=N–C) groups is 1. The highest BCUT2D eigenvalue weighted by molar-refractivity contribution is 14.0. The average molecular weight is 444 g/mol. The second-order valence-corrected chi connectivity index (χ2v) is 7.18. The number of anilines is 1. The van der Waals surface area contributed by atoms with Crippen molar-refractivity contribution in [1.82, 2.24) is 4.90 Å². The van der Waals surface area contributed by atoms with Crippen LogP contribution in [-0.4, -0.2) is 37.0 Å². The number of nitrogens with two attached hydrogens (primary N) is 1. The van der Waals surface area contributed by atoms with Gasteiger partial charge in [-0.15, -0.1) is 24.0 Å². The topological polar surface area (TPSA) is 53.6 Å². The Labute approximate surface area is 164 Å². The number of halogens is 1. The van der Waals surface area contributed by atoms with Crippen molar-refractivity contribution in [2.75, 3.05) is 31.5 Å². The zero-order valence-electron chi connectivity index (χ0n) is 15.3. The molecule has 24 heavy (non-hydrogen) atoms. The Kier molecular flexibility index (Phi) is 9.66. The largest absolute Gasteiger partial charge is 0.370 e. The molecule has 0 unspecified atom stereocenters. The minimum Gasteiger partial charge on any atom is -0.370 e. The van der Waals surface area contributed by atoms with Crippen LogP contribution in [0, 0.1) is 18.8 Å². The van der Waals surface area contributed by atoms with Crippen LogP contribution in [0.2, 0.25) is 0 Å². The molecule has 0 aromatic heterocycles. The van der Waals surface area contributed by atoms with E-state index in [9.17, 15) is 0 Å². The Morgan fingerprint density at radius 2 is 1.88 bits per heavy atom. The highest BCUT2D eigenvalue weighted by atomic mass is 127. The summed E-state index contributed by atoms with van der Waals surface area (Å²) in [7, 11) is 0. The summed E-state index contributed by atoms with van der Waals surface area (Å²) in [5.41, 5.74) is 8.24. The summed E-state index contributed by atoms with van der Waals surface area (Å²) in [5, 5.41) is 3.17. The number of benzene rings is 1. The van der Waals surface area contributed by atoms with Gasteiger partial charge in [0.15, 0.2) is 5.96 Å². The zero-order chi connectivity index (χ0) is 16.7. The summed E-state index contributed by atoms with van der Waals surface area (Å²) >= 11 is 0. The van der Waals surface area contributed by atoms with Gasteiger partial charge >= 0.3 is 0 Å². The van der Waals surface area contributed by atoms with E-state index >= 15 is 0 Å². The van der Waals surface area contributed by atoms with Crippen LogP contribution in [0.15, 0.2) is 29.3 Å². The van der Waals surface area contributed by atoms with Crippen molar-refractivity contribution in [3.63, 3.8) is 0 Å². The fourth-order valence-corrected chi connectivity index (χ4v) is 2.89. The molecule has 1 fully saturated rings. The SMILES string of the molecule is Cc1ccc(NC(N)=NCC2CCN(CCC(C)C)CC2)cc1.I. The van der Waals surface area contributed by atoms with E-state index in [1.165, 1.54) is 44.5 Å². The van der Waals surface area contributed by atoms with Gasteiger partial charge in [-0.25, -0.2) is 0 Å². The second kappa shape index (κ2) is 10.9. The van der Waals surface area contributed by atoms with Gasteiger partial charge in [-0.3, -0.25) is 4.99 Å². The Morgan fingerprint density at radius 1 is 1.25 bits per heavy atom. The molecule has 0 aliphatic carbocycles. The number of hydrogen-bond acceptors (Lipinski definition) is 2. The van der Waals surface area contributed by atoms with Crippen molar-refractivity contribution in [2.45, 2.75) is 40.0 Å². The van der Waals surface area contributed by atoms with Crippen LogP contribution in [0.5, 0.6) is 0 Å². The van der Waals surface area contributed by atoms with Gasteiger partial charge in [-0.05, 0) is 69.8 Å². The Hall–Kier alpha value is -0.820. The Balaban J connectivity index is 0.00000288. The van der Waals surface area contributed by atoms with E-state index in [0.717, 1.165) is 18.2 Å². The molecule has 136 valence electrons. The first kappa shape index (κ1) is 21.2. The molecule has 1 aromatic carbocycles. The van der Waals surface area contributed by atoms with Gasteiger partial charge in [0.1, 0.15) is 0 Å². The Morgan fingerprint density at radius 3 is 2.46 bits per heavy atom. The summed E-state index contributed by atoms with van der Waals surface area (Å²) < 4.78 is 0. The molecule has 1 aliphatic rings. The van der Waals surface area contributed by atoms with Crippen LogP contribution < -0.4 is 11.1 Å². The minimum atomic E-state index is 0. The van der Waals surface area contributed by atoms with Crippen molar-refractivity contribution >= 4 is 35.6 Å². The molecule has 0 amide bonds. The maximum absolute atomic E-state index is 6.00. The van der Waals surface area contributed by atoms with Gasteiger partial charge in [0.25, 0.3) is 0 Å². The number of piperidine rings is 1. The molecule has 1 aliphatic heterocycles. The predicted octanol–water partition coefficient (Wildman–Crippen LogP) is 4.10. The standard InChI is InChI=1S/C19H32N4.HI/c1-15(2)8-11-23-12-9-17(10-13-23)14-21-19(20)22-18-6-4-16(3)5-7-18;/h4-7,15,17H,8-14H2,1-3H3,(H3,20,21,22);1H. The molecule has 1 heterocycles. The smallest absolute Gasteiger partial charge is 0.193 e. The van der Waals surface area contributed by atoms with Gasteiger partial charge < -0.3 is 16.0 Å². The molecule has 0 radical (unpaired) electrons. The lowest BCUT2D eigenvalue weighted by Gasteiger charge is -2.31. The molecule has 0 atom stereocenters.